The molecular formula is C15H28N4S. The first-order chi connectivity index (χ1) is 9.52. The number of hydrogen-bond donors (Lipinski definition) is 1. The summed E-state index contributed by atoms with van der Waals surface area (Å²) in [5.41, 5.74) is 1.27. The van der Waals surface area contributed by atoms with Crippen LogP contribution in [-0.4, -0.2) is 49.2 Å². The summed E-state index contributed by atoms with van der Waals surface area (Å²) in [7, 11) is 2.00. The van der Waals surface area contributed by atoms with Gasteiger partial charge in [-0.3, -0.25) is 4.90 Å². The highest BCUT2D eigenvalue weighted by atomic mass is 32.1. The van der Waals surface area contributed by atoms with Gasteiger partial charge in [0.1, 0.15) is 0 Å². The quantitative estimate of drug-likeness (QED) is 0.905. The van der Waals surface area contributed by atoms with E-state index in [1.165, 1.54) is 15.7 Å². The van der Waals surface area contributed by atoms with E-state index in [1.807, 2.05) is 18.4 Å². The van der Waals surface area contributed by atoms with Crippen molar-refractivity contribution in [3.05, 3.63) is 10.6 Å². The highest BCUT2D eigenvalue weighted by Gasteiger charge is 2.23. The normalized spacial score (nSPS) is 17.4. The molecule has 0 radical (unpaired) electrons. The summed E-state index contributed by atoms with van der Waals surface area (Å²) in [5.74, 6) is 0.500. The van der Waals surface area contributed by atoms with Gasteiger partial charge in [0, 0.05) is 43.6 Å². The average molecular weight is 296 g/mol. The van der Waals surface area contributed by atoms with Crippen LogP contribution in [0.4, 0.5) is 5.13 Å². The lowest BCUT2D eigenvalue weighted by atomic mass is 10.1. The van der Waals surface area contributed by atoms with Crippen LogP contribution in [-0.2, 0) is 6.54 Å². The second-order valence-electron chi connectivity index (χ2n) is 6.11. The van der Waals surface area contributed by atoms with E-state index in [-0.39, 0.29) is 0 Å². The van der Waals surface area contributed by atoms with Crippen molar-refractivity contribution < 1.29 is 0 Å². The molecule has 0 amide bonds. The topological polar surface area (TPSA) is 31.4 Å². The summed E-state index contributed by atoms with van der Waals surface area (Å²) in [5, 5.41) is 4.47. The lowest BCUT2D eigenvalue weighted by Crippen LogP contribution is -2.48. The standard InChI is InChI=1S/C15H28N4S/c1-11(2)14-13(10-16-5)20-15(17-14)19-8-6-18(7-9-19)12(3)4/h11-12,16H,6-10H2,1-5H3. The van der Waals surface area contributed by atoms with E-state index in [0.29, 0.717) is 12.0 Å². The molecule has 1 saturated heterocycles. The van der Waals surface area contributed by atoms with Crippen LogP contribution in [0, 0.1) is 0 Å². The Balaban J connectivity index is 2.08. The third kappa shape index (κ3) is 3.51. The summed E-state index contributed by atoms with van der Waals surface area (Å²) in [6, 6.07) is 0.652. The number of piperazine rings is 1. The van der Waals surface area contributed by atoms with Crippen LogP contribution in [0.1, 0.15) is 44.2 Å². The number of rotatable bonds is 5. The lowest BCUT2D eigenvalue weighted by Gasteiger charge is -2.36. The number of thiazole rings is 1. The number of aromatic nitrogens is 1. The molecule has 0 saturated carbocycles. The number of nitrogens with one attached hydrogen (secondary N) is 1. The first-order valence-corrected chi connectivity index (χ1v) is 8.47. The fourth-order valence-electron chi connectivity index (χ4n) is 2.65. The SMILES string of the molecule is CNCc1sc(N2CCN(C(C)C)CC2)nc1C(C)C. The third-order valence-electron chi connectivity index (χ3n) is 3.92. The van der Waals surface area contributed by atoms with Crippen LogP contribution in [0.2, 0.25) is 0 Å². The molecule has 1 aromatic rings. The Kier molecular flexibility index (Phi) is 5.41. The molecule has 1 fully saturated rings. The molecule has 0 aromatic carbocycles. The highest BCUT2D eigenvalue weighted by molar-refractivity contribution is 7.15. The third-order valence-corrected chi connectivity index (χ3v) is 5.05. The molecule has 1 N–H and O–H groups in total. The van der Waals surface area contributed by atoms with Gasteiger partial charge >= 0.3 is 0 Å². The van der Waals surface area contributed by atoms with Crippen LogP contribution in [0.25, 0.3) is 0 Å². The zero-order valence-corrected chi connectivity index (χ0v) is 14.3. The summed E-state index contributed by atoms with van der Waals surface area (Å²) >= 11 is 1.86. The highest BCUT2D eigenvalue weighted by Crippen LogP contribution is 2.31. The Bertz CT molecular complexity index is 420. The van der Waals surface area contributed by atoms with Crippen LogP contribution in [0.5, 0.6) is 0 Å². The maximum absolute atomic E-state index is 4.91. The Labute approximate surface area is 127 Å². The molecule has 0 bridgehead atoms. The second kappa shape index (κ2) is 6.87. The molecule has 114 valence electrons. The van der Waals surface area contributed by atoms with Gasteiger partial charge < -0.3 is 10.2 Å². The average Bonchev–Trinajstić information content (AvgIpc) is 2.83. The maximum Gasteiger partial charge on any atom is 0.185 e. The van der Waals surface area contributed by atoms with Gasteiger partial charge in [-0.2, -0.15) is 0 Å². The molecule has 1 aromatic heterocycles. The van der Waals surface area contributed by atoms with Gasteiger partial charge in [-0.25, -0.2) is 4.98 Å². The Hall–Kier alpha value is -0.650. The predicted molar refractivity (Wildman–Crippen MR) is 87.9 cm³/mol. The summed E-state index contributed by atoms with van der Waals surface area (Å²) in [4.78, 5) is 11.3. The summed E-state index contributed by atoms with van der Waals surface area (Å²) in [6.45, 7) is 14.4. The van der Waals surface area contributed by atoms with Gasteiger partial charge in [-0.15, -0.1) is 11.3 Å². The van der Waals surface area contributed by atoms with E-state index < -0.39 is 0 Å². The first-order valence-electron chi connectivity index (χ1n) is 7.66. The monoisotopic (exact) mass is 296 g/mol. The van der Waals surface area contributed by atoms with E-state index in [0.717, 1.165) is 32.7 Å². The molecule has 0 aliphatic carbocycles. The van der Waals surface area contributed by atoms with Crippen LogP contribution in [0.15, 0.2) is 0 Å². The predicted octanol–water partition coefficient (Wildman–Crippen LogP) is 2.52. The van der Waals surface area contributed by atoms with Gasteiger partial charge in [-0.1, -0.05) is 13.8 Å². The Morgan fingerprint density at radius 3 is 2.30 bits per heavy atom. The van der Waals surface area contributed by atoms with Crippen molar-refractivity contribution in [1.29, 1.82) is 0 Å². The van der Waals surface area contributed by atoms with Crippen LogP contribution >= 0.6 is 11.3 Å². The minimum Gasteiger partial charge on any atom is -0.346 e. The fourth-order valence-corrected chi connectivity index (χ4v) is 3.93. The van der Waals surface area contributed by atoms with Gasteiger partial charge in [0.2, 0.25) is 0 Å². The zero-order chi connectivity index (χ0) is 14.7. The molecule has 2 heterocycles. The number of anilines is 1. The van der Waals surface area contributed by atoms with E-state index in [9.17, 15) is 0 Å². The molecule has 0 unspecified atom stereocenters. The minimum atomic E-state index is 0.500. The van der Waals surface area contributed by atoms with E-state index in [4.69, 9.17) is 4.98 Å². The number of hydrogen-bond acceptors (Lipinski definition) is 5. The number of nitrogens with zero attached hydrogens (tertiary/aromatic N) is 3. The van der Waals surface area contributed by atoms with Crippen molar-refractivity contribution in [2.24, 2.45) is 0 Å². The summed E-state index contributed by atoms with van der Waals surface area (Å²) in [6.07, 6.45) is 0. The lowest BCUT2D eigenvalue weighted by molar-refractivity contribution is 0.209. The van der Waals surface area contributed by atoms with Crippen molar-refractivity contribution >= 4 is 16.5 Å². The molecule has 0 atom stereocenters. The van der Waals surface area contributed by atoms with Gasteiger partial charge in [0.25, 0.3) is 0 Å². The van der Waals surface area contributed by atoms with Crippen molar-refractivity contribution in [2.75, 3.05) is 38.1 Å². The molecule has 1 aliphatic rings. The second-order valence-corrected chi connectivity index (χ2v) is 7.17. The Morgan fingerprint density at radius 1 is 1.15 bits per heavy atom. The van der Waals surface area contributed by atoms with Crippen molar-refractivity contribution in [1.82, 2.24) is 15.2 Å². The smallest absolute Gasteiger partial charge is 0.185 e. The largest absolute Gasteiger partial charge is 0.346 e. The van der Waals surface area contributed by atoms with Gasteiger partial charge in [-0.05, 0) is 26.8 Å². The molecule has 5 heteroatoms. The molecule has 1 aliphatic heterocycles. The van der Waals surface area contributed by atoms with Gasteiger partial charge in [0.05, 0.1) is 5.69 Å². The summed E-state index contributed by atoms with van der Waals surface area (Å²) < 4.78 is 0. The maximum atomic E-state index is 4.91. The Morgan fingerprint density at radius 2 is 1.80 bits per heavy atom. The van der Waals surface area contributed by atoms with Crippen molar-refractivity contribution in [2.45, 2.75) is 46.2 Å². The van der Waals surface area contributed by atoms with Crippen LogP contribution < -0.4 is 10.2 Å². The van der Waals surface area contributed by atoms with E-state index >= 15 is 0 Å². The van der Waals surface area contributed by atoms with Crippen molar-refractivity contribution in [3.8, 4) is 0 Å². The fraction of sp³-hybridized carbons (Fsp3) is 0.800. The van der Waals surface area contributed by atoms with Gasteiger partial charge in [0.15, 0.2) is 5.13 Å². The molecule has 0 spiro atoms. The van der Waals surface area contributed by atoms with Crippen LogP contribution in [0.3, 0.4) is 0 Å². The molecular weight excluding hydrogens is 268 g/mol. The zero-order valence-electron chi connectivity index (χ0n) is 13.4. The molecule has 2 rings (SSSR count). The first kappa shape index (κ1) is 15.7. The van der Waals surface area contributed by atoms with E-state index in [2.05, 4.69) is 42.8 Å². The minimum absolute atomic E-state index is 0.500. The molecule has 4 nitrogen and oxygen atoms in total. The van der Waals surface area contributed by atoms with E-state index in [1.54, 1.807) is 0 Å². The van der Waals surface area contributed by atoms with Crippen molar-refractivity contribution in [3.63, 3.8) is 0 Å². The molecule has 20 heavy (non-hydrogen) atoms.